The average molecular weight is 222 g/mol. The Kier molecular flexibility index (Phi) is 5.33. The van der Waals surface area contributed by atoms with Crippen LogP contribution in [0.1, 0.15) is 45.1 Å². The Morgan fingerprint density at radius 3 is 2.69 bits per heavy atom. The number of ether oxygens (including phenoxy) is 1. The molecule has 0 aromatic heterocycles. The number of aliphatic hydroxyl groups is 1. The molecule has 90 valence electrons. The van der Waals surface area contributed by atoms with Crippen molar-refractivity contribution in [2.24, 2.45) is 0 Å². The largest absolute Gasteiger partial charge is 0.491 e. The minimum atomic E-state index is -0.354. The molecule has 1 N–H and O–H groups in total. The minimum Gasteiger partial charge on any atom is -0.491 e. The first-order chi connectivity index (χ1) is 7.63. The highest BCUT2D eigenvalue weighted by Crippen LogP contribution is 2.20. The Balaban J connectivity index is 2.50. The summed E-state index contributed by atoms with van der Waals surface area (Å²) < 4.78 is 5.56. The molecule has 0 aliphatic heterocycles. The molecular weight excluding hydrogens is 200 g/mol. The molecule has 0 saturated carbocycles. The van der Waals surface area contributed by atoms with E-state index < -0.39 is 0 Å². The second kappa shape index (κ2) is 6.54. The van der Waals surface area contributed by atoms with E-state index in [1.54, 1.807) is 0 Å². The molecule has 0 amide bonds. The van der Waals surface area contributed by atoms with Crippen LogP contribution in [0.15, 0.2) is 24.3 Å². The predicted octanol–water partition coefficient (Wildman–Crippen LogP) is 3.35. The van der Waals surface area contributed by atoms with Crippen molar-refractivity contribution in [3.05, 3.63) is 29.8 Å². The van der Waals surface area contributed by atoms with Gasteiger partial charge in [0.15, 0.2) is 0 Å². The molecule has 16 heavy (non-hydrogen) atoms. The van der Waals surface area contributed by atoms with E-state index in [9.17, 15) is 5.11 Å². The van der Waals surface area contributed by atoms with Crippen molar-refractivity contribution in [1.82, 2.24) is 0 Å². The summed E-state index contributed by atoms with van der Waals surface area (Å²) in [6.07, 6.45) is 1.42. The van der Waals surface area contributed by atoms with E-state index in [0.717, 1.165) is 18.6 Å². The highest BCUT2D eigenvalue weighted by atomic mass is 16.5. The number of aliphatic hydroxyl groups excluding tert-OH is 1. The molecule has 0 aliphatic rings. The zero-order chi connectivity index (χ0) is 12.0. The van der Waals surface area contributed by atoms with Crippen LogP contribution in [0.25, 0.3) is 0 Å². The summed E-state index contributed by atoms with van der Waals surface area (Å²) >= 11 is 0. The summed E-state index contributed by atoms with van der Waals surface area (Å²) in [5, 5.41) is 9.56. The lowest BCUT2D eigenvalue weighted by Gasteiger charge is -2.13. The summed E-state index contributed by atoms with van der Waals surface area (Å²) in [6.45, 7) is 6.76. The zero-order valence-electron chi connectivity index (χ0n) is 10.4. The van der Waals surface area contributed by atoms with Crippen LogP contribution in [0.2, 0.25) is 0 Å². The second-order valence-corrected chi connectivity index (χ2v) is 4.48. The minimum absolute atomic E-state index is 0.354. The smallest absolute Gasteiger partial charge is 0.119 e. The molecule has 0 saturated heterocycles. The summed E-state index contributed by atoms with van der Waals surface area (Å²) in [4.78, 5) is 0. The Morgan fingerprint density at radius 1 is 1.31 bits per heavy atom. The fraction of sp³-hybridized carbons (Fsp3) is 0.571. The van der Waals surface area contributed by atoms with Gasteiger partial charge in [0.25, 0.3) is 0 Å². The van der Waals surface area contributed by atoms with Gasteiger partial charge in [-0.05, 0) is 30.0 Å². The summed E-state index contributed by atoms with van der Waals surface area (Å²) in [5.41, 5.74) is 1.27. The van der Waals surface area contributed by atoms with Crippen molar-refractivity contribution in [3.63, 3.8) is 0 Å². The molecule has 1 atom stereocenters. The number of hydrogen-bond donors (Lipinski definition) is 1. The van der Waals surface area contributed by atoms with Crippen molar-refractivity contribution < 1.29 is 9.84 Å². The fourth-order valence-electron chi connectivity index (χ4n) is 1.57. The monoisotopic (exact) mass is 222 g/mol. The Bertz CT molecular complexity index is 307. The number of rotatable bonds is 6. The van der Waals surface area contributed by atoms with Gasteiger partial charge in [-0.2, -0.15) is 0 Å². The van der Waals surface area contributed by atoms with Crippen LogP contribution < -0.4 is 4.74 Å². The molecule has 0 radical (unpaired) electrons. The molecule has 2 heteroatoms. The van der Waals surface area contributed by atoms with Crippen LogP contribution in [0.4, 0.5) is 0 Å². The van der Waals surface area contributed by atoms with E-state index in [1.165, 1.54) is 5.56 Å². The van der Waals surface area contributed by atoms with Gasteiger partial charge in [-0.25, -0.2) is 0 Å². The highest BCUT2D eigenvalue weighted by Gasteiger charge is 2.05. The third-order valence-corrected chi connectivity index (χ3v) is 2.59. The molecule has 0 heterocycles. The van der Waals surface area contributed by atoms with Gasteiger partial charge >= 0.3 is 0 Å². The molecule has 1 aromatic carbocycles. The molecule has 0 aliphatic carbocycles. The predicted molar refractivity (Wildman–Crippen MR) is 66.9 cm³/mol. The summed E-state index contributed by atoms with van der Waals surface area (Å²) in [7, 11) is 0. The van der Waals surface area contributed by atoms with Crippen molar-refractivity contribution in [2.45, 2.75) is 45.6 Å². The van der Waals surface area contributed by atoms with E-state index in [2.05, 4.69) is 26.8 Å². The lowest BCUT2D eigenvalue weighted by Crippen LogP contribution is -2.16. The standard InChI is InChI=1S/C14H22O2/c1-4-6-13(15)10-16-14-8-5-7-12(9-14)11(2)3/h5,7-9,11,13,15H,4,6,10H2,1-3H3. The van der Waals surface area contributed by atoms with Crippen molar-refractivity contribution in [1.29, 1.82) is 0 Å². The van der Waals surface area contributed by atoms with Crippen molar-refractivity contribution >= 4 is 0 Å². The molecule has 1 unspecified atom stereocenters. The maximum absolute atomic E-state index is 9.56. The Morgan fingerprint density at radius 2 is 2.06 bits per heavy atom. The third kappa shape index (κ3) is 4.23. The quantitative estimate of drug-likeness (QED) is 0.799. The average Bonchev–Trinajstić information content (AvgIpc) is 2.27. The number of benzene rings is 1. The van der Waals surface area contributed by atoms with Gasteiger partial charge in [-0.1, -0.05) is 39.3 Å². The normalized spacial score (nSPS) is 12.8. The Hall–Kier alpha value is -1.02. The van der Waals surface area contributed by atoms with Crippen molar-refractivity contribution in [3.8, 4) is 5.75 Å². The topological polar surface area (TPSA) is 29.5 Å². The SMILES string of the molecule is CCCC(O)COc1cccc(C(C)C)c1. The van der Waals surface area contributed by atoms with Gasteiger partial charge in [0.2, 0.25) is 0 Å². The molecule has 1 rings (SSSR count). The van der Waals surface area contributed by atoms with Crippen LogP contribution in [0, 0.1) is 0 Å². The molecule has 2 nitrogen and oxygen atoms in total. The molecule has 0 fully saturated rings. The first kappa shape index (κ1) is 13.0. The Labute approximate surface area is 98.3 Å². The lowest BCUT2D eigenvalue weighted by molar-refractivity contribution is 0.0993. The number of hydrogen-bond acceptors (Lipinski definition) is 2. The van der Waals surface area contributed by atoms with Crippen LogP contribution in [-0.4, -0.2) is 17.8 Å². The van der Waals surface area contributed by atoms with Crippen LogP contribution >= 0.6 is 0 Å². The molecule has 1 aromatic rings. The van der Waals surface area contributed by atoms with E-state index in [4.69, 9.17) is 4.74 Å². The molecule has 0 spiro atoms. The van der Waals surface area contributed by atoms with Gasteiger partial charge in [-0.3, -0.25) is 0 Å². The maximum atomic E-state index is 9.56. The molecular formula is C14H22O2. The van der Waals surface area contributed by atoms with Crippen LogP contribution in [-0.2, 0) is 0 Å². The first-order valence-electron chi connectivity index (χ1n) is 6.04. The van der Waals surface area contributed by atoms with Crippen LogP contribution in [0.3, 0.4) is 0 Å². The maximum Gasteiger partial charge on any atom is 0.119 e. The van der Waals surface area contributed by atoms with Gasteiger partial charge in [0.1, 0.15) is 12.4 Å². The first-order valence-corrected chi connectivity index (χ1v) is 6.04. The summed E-state index contributed by atoms with van der Waals surface area (Å²) in [5.74, 6) is 1.35. The van der Waals surface area contributed by atoms with Crippen molar-refractivity contribution in [2.75, 3.05) is 6.61 Å². The molecule has 0 bridgehead atoms. The second-order valence-electron chi connectivity index (χ2n) is 4.48. The van der Waals surface area contributed by atoms with Gasteiger partial charge in [0.05, 0.1) is 6.10 Å². The van der Waals surface area contributed by atoms with Crippen LogP contribution in [0.5, 0.6) is 5.75 Å². The van der Waals surface area contributed by atoms with E-state index >= 15 is 0 Å². The zero-order valence-corrected chi connectivity index (χ0v) is 10.4. The van der Waals surface area contributed by atoms with E-state index in [0.29, 0.717) is 12.5 Å². The third-order valence-electron chi connectivity index (χ3n) is 2.59. The van der Waals surface area contributed by atoms with E-state index in [1.807, 2.05) is 18.2 Å². The van der Waals surface area contributed by atoms with E-state index in [-0.39, 0.29) is 6.10 Å². The van der Waals surface area contributed by atoms with Gasteiger partial charge in [-0.15, -0.1) is 0 Å². The fourth-order valence-corrected chi connectivity index (χ4v) is 1.57. The summed E-state index contributed by atoms with van der Waals surface area (Å²) in [6, 6.07) is 8.07. The highest BCUT2D eigenvalue weighted by molar-refractivity contribution is 5.30. The van der Waals surface area contributed by atoms with Gasteiger partial charge < -0.3 is 9.84 Å². The van der Waals surface area contributed by atoms with Gasteiger partial charge in [0, 0.05) is 0 Å². The lowest BCUT2D eigenvalue weighted by atomic mass is 10.0.